The van der Waals surface area contributed by atoms with Crippen molar-refractivity contribution >= 4 is 11.6 Å². The topological polar surface area (TPSA) is 73.9 Å². The molecule has 6 heteroatoms. The molecule has 21 heavy (non-hydrogen) atoms. The van der Waals surface area contributed by atoms with Crippen LogP contribution in [0, 0.1) is 0 Å². The van der Waals surface area contributed by atoms with Crippen molar-refractivity contribution in [1.82, 2.24) is 20.1 Å². The van der Waals surface area contributed by atoms with Gasteiger partial charge in [-0.15, -0.1) is 0 Å². The monoisotopic (exact) mass is 285 g/mol. The van der Waals surface area contributed by atoms with Crippen LogP contribution in [0.1, 0.15) is 24.6 Å². The zero-order valence-corrected chi connectivity index (χ0v) is 11.8. The van der Waals surface area contributed by atoms with E-state index in [9.17, 15) is 4.79 Å². The molecule has 1 saturated heterocycles. The second-order valence-corrected chi connectivity index (χ2v) is 5.32. The molecule has 0 radical (unpaired) electrons. The number of para-hydroxylation sites is 1. The molecule has 3 rings (SSSR count). The number of rotatable bonds is 5. The van der Waals surface area contributed by atoms with E-state index in [0.717, 1.165) is 37.6 Å². The Morgan fingerprint density at radius 1 is 1.38 bits per heavy atom. The summed E-state index contributed by atoms with van der Waals surface area (Å²) < 4.78 is 0. The van der Waals surface area contributed by atoms with Crippen molar-refractivity contribution in [2.75, 3.05) is 25.0 Å². The Hall–Kier alpha value is -2.21. The van der Waals surface area contributed by atoms with E-state index in [1.807, 2.05) is 30.3 Å². The standard InChI is InChI=1S/C15H19N5O/c21-14(18-13-4-2-1-3-5-13)7-9-20-8-6-12(10-20)15-16-11-17-19-15/h1-5,11-12H,6-10H2,(H,18,21)(H,16,17,19). The zero-order valence-electron chi connectivity index (χ0n) is 11.8. The summed E-state index contributed by atoms with van der Waals surface area (Å²) in [7, 11) is 0. The van der Waals surface area contributed by atoms with E-state index in [2.05, 4.69) is 25.4 Å². The summed E-state index contributed by atoms with van der Waals surface area (Å²) in [6.07, 6.45) is 3.12. The summed E-state index contributed by atoms with van der Waals surface area (Å²) in [6.45, 7) is 2.72. The molecule has 1 atom stereocenters. The highest BCUT2D eigenvalue weighted by Crippen LogP contribution is 2.23. The predicted octanol–water partition coefficient (Wildman–Crippen LogP) is 1.62. The lowest BCUT2D eigenvalue weighted by atomic mass is 10.1. The Balaban J connectivity index is 1.43. The minimum absolute atomic E-state index is 0.0596. The number of hydrogen-bond donors (Lipinski definition) is 2. The largest absolute Gasteiger partial charge is 0.326 e. The van der Waals surface area contributed by atoms with E-state index in [1.165, 1.54) is 0 Å². The highest BCUT2D eigenvalue weighted by Gasteiger charge is 2.25. The first-order valence-electron chi connectivity index (χ1n) is 7.24. The molecule has 0 spiro atoms. The molecule has 1 fully saturated rings. The van der Waals surface area contributed by atoms with Gasteiger partial charge in [0.2, 0.25) is 5.91 Å². The summed E-state index contributed by atoms with van der Waals surface area (Å²) in [5, 5.41) is 9.73. The number of carbonyl (C=O) groups excluding carboxylic acids is 1. The number of H-pyrrole nitrogens is 1. The lowest BCUT2D eigenvalue weighted by molar-refractivity contribution is -0.116. The molecule has 1 amide bonds. The average molecular weight is 285 g/mol. The molecule has 0 aliphatic carbocycles. The fourth-order valence-electron chi connectivity index (χ4n) is 2.68. The first-order chi connectivity index (χ1) is 10.3. The van der Waals surface area contributed by atoms with Crippen molar-refractivity contribution in [3.8, 4) is 0 Å². The molecule has 110 valence electrons. The van der Waals surface area contributed by atoms with E-state index in [0.29, 0.717) is 12.3 Å². The summed E-state index contributed by atoms with van der Waals surface area (Å²) in [6, 6.07) is 9.56. The number of likely N-dealkylation sites (tertiary alicyclic amines) is 1. The minimum Gasteiger partial charge on any atom is -0.326 e. The minimum atomic E-state index is 0.0596. The number of nitrogens with one attached hydrogen (secondary N) is 2. The molecular formula is C15H19N5O. The number of anilines is 1. The van der Waals surface area contributed by atoms with Crippen LogP contribution in [0.4, 0.5) is 5.69 Å². The molecule has 1 unspecified atom stereocenters. The second-order valence-electron chi connectivity index (χ2n) is 5.32. The first-order valence-corrected chi connectivity index (χ1v) is 7.24. The van der Waals surface area contributed by atoms with Crippen molar-refractivity contribution in [3.05, 3.63) is 42.5 Å². The Labute approximate surface area is 123 Å². The van der Waals surface area contributed by atoms with Crippen LogP contribution in [0.5, 0.6) is 0 Å². The molecule has 1 aromatic carbocycles. The molecule has 1 aliphatic rings. The maximum absolute atomic E-state index is 11.9. The summed E-state index contributed by atoms with van der Waals surface area (Å²) in [5.41, 5.74) is 0.850. The van der Waals surface area contributed by atoms with E-state index in [-0.39, 0.29) is 5.91 Å². The van der Waals surface area contributed by atoms with Gasteiger partial charge in [0.05, 0.1) is 0 Å². The van der Waals surface area contributed by atoms with Crippen LogP contribution in [0.2, 0.25) is 0 Å². The Kier molecular flexibility index (Phi) is 4.25. The van der Waals surface area contributed by atoms with Gasteiger partial charge in [-0.05, 0) is 25.1 Å². The number of aromatic nitrogens is 3. The molecule has 0 saturated carbocycles. The second kappa shape index (κ2) is 6.49. The van der Waals surface area contributed by atoms with Gasteiger partial charge in [0.1, 0.15) is 12.2 Å². The highest BCUT2D eigenvalue weighted by molar-refractivity contribution is 5.90. The number of aromatic amines is 1. The van der Waals surface area contributed by atoms with Crippen LogP contribution in [-0.4, -0.2) is 45.6 Å². The molecule has 2 N–H and O–H groups in total. The zero-order chi connectivity index (χ0) is 14.5. The van der Waals surface area contributed by atoms with Crippen LogP contribution < -0.4 is 5.32 Å². The lowest BCUT2D eigenvalue weighted by Gasteiger charge is -2.15. The third-order valence-corrected chi connectivity index (χ3v) is 3.81. The maximum atomic E-state index is 11.9. The summed E-state index contributed by atoms with van der Waals surface area (Å²) in [5.74, 6) is 1.42. The lowest BCUT2D eigenvalue weighted by Crippen LogP contribution is -2.25. The van der Waals surface area contributed by atoms with Crippen molar-refractivity contribution in [3.63, 3.8) is 0 Å². The van der Waals surface area contributed by atoms with Crippen molar-refractivity contribution in [1.29, 1.82) is 0 Å². The Bertz CT molecular complexity index is 569. The summed E-state index contributed by atoms with van der Waals surface area (Å²) >= 11 is 0. The number of amides is 1. The normalized spacial score (nSPS) is 18.8. The van der Waals surface area contributed by atoms with Gasteiger partial charge in [-0.3, -0.25) is 9.89 Å². The van der Waals surface area contributed by atoms with Gasteiger partial charge >= 0.3 is 0 Å². The number of benzene rings is 1. The molecule has 1 aromatic heterocycles. The van der Waals surface area contributed by atoms with E-state index >= 15 is 0 Å². The van der Waals surface area contributed by atoms with Gasteiger partial charge < -0.3 is 10.2 Å². The quantitative estimate of drug-likeness (QED) is 0.875. The van der Waals surface area contributed by atoms with Gasteiger partial charge in [-0.25, -0.2) is 4.98 Å². The number of hydrogen-bond acceptors (Lipinski definition) is 4. The SMILES string of the molecule is O=C(CCN1CCC(c2ncn[nH]2)C1)Nc1ccccc1. The smallest absolute Gasteiger partial charge is 0.225 e. The average Bonchev–Trinajstić information content (AvgIpc) is 3.17. The Morgan fingerprint density at radius 2 is 2.24 bits per heavy atom. The molecule has 1 aliphatic heterocycles. The van der Waals surface area contributed by atoms with Gasteiger partial charge in [0.25, 0.3) is 0 Å². The highest BCUT2D eigenvalue weighted by atomic mass is 16.1. The molecule has 2 aromatic rings. The van der Waals surface area contributed by atoms with Gasteiger partial charge in [-0.1, -0.05) is 18.2 Å². The van der Waals surface area contributed by atoms with Crippen LogP contribution in [-0.2, 0) is 4.79 Å². The third kappa shape index (κ3) is 3.66. The maximum Gasteiger partial charge on any atom is 0.225 e. The van der Waals surface area contributed by atoms with Gasteiger partial charge in [0.15, 0.2) is 0 Å². The molecule has 6 nitrogen and oxygen atoms in total. The van der Waals surface area contributed by atoms with Gasteiger partial charge in [-0.2, -0.15) is 5.10 Å². The van der Waals surface area contributed by atoms with Gasteiger partial charge in [0, 0.05) is 31.1 Å². The van der Waals surface area contributed by atoms with Crippen LogP contribution in [0.3, 0.4) is 0 Å². The number of carbonyl (C=O) groups is 1. The fraction of sp³-hybridized carbons (Fsp3) is 0.400. The van der Waals surface area contributed by atoms with Crippen LogP contribution in [0.25, 0.3) is 0 Å². The first kappa shape index (κ1) is 13.8. The van der Waals surface area contributed by atoms with Crippen molar-refractivity contribution in [2.45, 2.75) is 18.8 Å². The molecule has 0 bridgehead atoms. The third-order valence-electron chi connectivity index (χ3n) is 3.81. The Morgan fingerprint density at radius 3 is 3.00 bits per heavy atom. The van der Waals surface area contributed by atoms with Crippen LogP contribution >= 0.6 is 0 Å². The molecule has 2 heterocycles. The van der Waals surface area contributed by atoms with Crippen molar-refractivity contribution in [2.24, 2.45) is 0 Å². The van der Waals surface area contributed by atoms with Crippen molar-refractivity contribution < 1.29 is 4.79 Å². The predicted molar refractivity (Wildman–Crippen MR) is 79.9 cm³/mol. The molecular weight excluding hydrogens is 266 g/mol. The van der Waals surface area contributed by atoms with Crippen LogP contribution in [0.15, 0.2) is 36.7 Å². The van der Waals surface area contributed by atoms with E-state index < -0.39 is 0 Å². The summed E-state index contributed by atoms with van der Waals surface area (Å²) in [4.78, 5) is 18.4. The number of nitrogens with zero attached hydrogens (tertiary/aromatic N) is 3. The van der Waals surface area contributed by atoms with E-state index in [4.69, 9.17) is 0 Å². The van der Waals surface area contributed by atoms with E-state index in [1.54, 1.807) is 6.33 Å². The fourth-order valence-corrected chi connectivity index (χ4v) is 2.68.